The molecule has 126 valence electrons. The third-order valence-corrected chi connectivity index (χ3v) is 3.75. The summed E-state index contributed by atoms with van der Waals surface area (Å²) < 4.78 is 5.11. The summed E-state index contributed by atoms with van der Waals surface area (Å²) in [4.78, 5) is 24.2. The Hall–Kier alpha value is -1.46. The average molecular weight is 407 g/mol. The van der Waals surface area contributed by atoms with E-state index >= 15 is 0 Å². The molecule has 0 aliphatic heterocycles. The Morgan fingerprint density at radius 2 is 1.33 bits per heavy atom. The monoisotopic (exact) mass is 405 g/mol. The van der Waals surface area contributed by atoms with Crippen molar-refractivity contribution in [2.45, 2.75) is 13.0 Å². The minimum atomic E-state index is -1.05. The summed E-state index contributed by atoms with van der Waals surface area (Å²) in [5, 5.41) is 3.89. The molecule has 1 N–H and O–H groups in total. The Kier molecular flexibility index (Phi) is 6.35. The topological polar surface area (TPSA) is 55.4 Å². The molecule has 0 aromatic heterocycles. The summed E-state index contributed by atoms with van der Waals surface area (Å²) in [7, 11) is 0. The number of nitrogens with one attached hydrogen (secondary N) is 1. The normalized spacial score (nSPS) is 11.7. The highest BCUT2D eigenvalue weighted by molar-refractivity contribution is 6.35. The van der Waals surface area contributed by atoms with E-state index in [0.717, 1.165) is 0 Å². The van der Waals surface area contributed by atoms with Crippen LogP contribution in [-0.4, -0.2) is 18.0 Å². The van der Waals surface area contributed by atoms with Gasteiger partial charge >= 0.3 is 5.97 Å². The van der Waals surface area contributed by atoms with Crippen molar-refractivity contribution < 1.29 is 14.3 Å². The molecule has 1 atom stereocenters. The molecule has 0 aliphatic rings. The first kappa shape index (κ1) is 18.9. The summed E-state index contributed by atoms with van der Waals surface area (Å²) in [6, 6.07) is 8.87. The Bertz CT molecular complexity index is 754. The first-order valence-corrected chi connectivity index (χ1v) is 8.20. The second-order valence-electron chi connectivity index (χ2n) is 4.85. The van der Waals surface area contributed by atoms with Crippen LogP contribution in [0.5, 0.6) is 0 Å². The van der Waals surface area contributed by atoms with Gasteiger partial charge in [0.05, 0.1) is 5.56 Å². The van der Waals surface area contributed by atoms with Gasteiger partial charge in [-0.15, -0.1) is 0 Å². The van der Waals surface area contributed by atoms with E-state index in [1.54, 1.807) is 0 Å². The van der Waals surface area contributed by atoms with Gasteiger partial charge in [0.15, 0.2) is 6.10 Å². The first-order chi connectivity index (χ1) is 11.2. The predicted molar refractivity (Wildman–Crippen MR) is 96.4 cm³/mol. The van der Waals surface area contributed by atoms with Crippen LogP contribution in [0.4, 0.5) is 5.69 Å². The highest BCUT2D eigenvalue weighted by Gasteiger charge is 2.20. The highest BCUT2D eigenvalue weighted by atomic mass is 35.5. The van der Waals surface area contributed by atoms with Gasteiger partial charge in [0.1, 0.15) is 0 Å². The number of anilines is 1. The van der Waals surface area contributed by atoms with E-state index in [4.69, 9.17) is 51.1 Å². The summed E-state index contributed by atoms with van der Waals surface area (Å²) in [6.45, 7) is 1.44. The van der Waals surface area contributed by atoms with Crippen LogP contribution in [0.1, 0.15) is 17.3 Å². The minimum absolute atomic E-state index is 0.151. The van der Waals surface area contributed by atoms with Gasteiger partial charge in [-0.05, 0) is 43.3 Å². The number of hydrogen-bond acceptors (Lipinski definition) is 3. The number of benzene rings is 2. The molecule has 0 spiro atoms. The minimum Gasteiger partial charge on any atom is -0.449 e. The summed E-state index contributed by atoms with van der Waals surface area (Å²) >= 11 is 23.4. The quantitative estimate of drug-likeness (QED) is 0.683. The Labute approximate surface area is 158 Å². The van der Waals surface area contributed by atoms with Crippen molar-refractivity contribution >= 4 is 64.0 Å². The zero-order valence-corrected chi connectivity index (χ0v) is 15.3. The zero-order chi connectivity index (χ0) is 17.9. The van der Waals surface area contributed by atoms with Gasteiger partial charge in [0.25, 0.3) is 5.91 Å². The van der Waals surface area contributed by atoms with Crippen LogP contribution >= 0.6 is 46.4 Å². The molecule has 8 heteroatoms. The van der Waals surface area contributed by atoms with E-state index in [0.29, 0.717) is 25.8 Å². The molecule has 2 aromatic carbocycles. The average Bonchev–Trinajstić information content (AvgIpc) is 2.44. The number of hydrogen-bond donors (Lipinski definition) is 1. The molecule has 4 nitrogen and oxygen atoms in total. The van der Waals surface area contributed by atoms with Gasteiger partial charge in [0, 0.05) is 25.8 Å². The van der Waals surface area contributed by atoms with Crippen molar-refractivity contribution in [1.82, 2.24) is 0 Å². The van der Waals surface area contributed by atoms with Crippen LogP contribution in [0.15, 0.2) is 36.4 Å². The highest BCUT2D eigenvalue weighted by Crippen LogP contribution is 2.23. The third kappa shape index (κ3) is 5.28. The third-order valence-electron chi connectivity index (χ3n) is 2.88. The molecule has 24 heavy (non-hydrogen) atoms. The van der Waals surface area contributed by atoms with Crippen LogP contribution in [0.25, 0.3) is 0 Å². The van der Waals surface area contributed by atoms with E-state index in [1.165, 1.54) is 43.3 Å². The van der Waals surface area contributed by atoms with E-state index in [1.807, 2.05) is 0 Å². The van der Waals surface area contributed by atoms with E-state index in [2.05, 4.69) is 5.32 Å². The molecule has 0 aliphatic carbocycles. The van der Waals surface area contributed by atoms with Crippen molar-refractivity contribution in [3.05, 3.63) is 62.1 Å². The molecule has 0 radical (unpaired) electrons. The lowest BCUT2D eigenvalue weighted by molar-refractivity contribution is -0.123. The fourth-order valence-corrected chi connectivity index (χ4v) is 2.88. The zero-order valence-electron chi connectivity index (χ0n) is 12.3. The van der Waals surface area contributed by atoms with Crippen LogP contribution in [-0.2, 0) is 9.53 Å². The Morgan fingerprint density at radius 3 is 1.83 bits per heavy atom. The van der Waals surface area contributed by atoms with E-state index in [-0.39, 0.29) is 5.56 Å². The summed E-state index contributed by atoms with van der Waals surface area (Å²) in [5.74, 6) is -1.25. The Morgan fingerprint density at radius 1 is 0.875 bits per heavy atom. The smallest absolute Gasteiger partial charge is 0.339 e. The van der Waals surface area contributed by atoms with E-state index < -0.39 is 18.0 Å². The molecular formula is C16H11Cl4NO3. The lowest BCUT2D eigenvalue weighted by atomic mass is 10.2. The molecule has 0 saturated heterocycles. The number of esters is 1. The van der Waals surface area contributed by atoms with Crippen molar-refractivity contribution in [1.29, 1.82) is 0 Å². The number of halogens is 4. The molecule has 0 bridgehead atoms. The molecule has 0 unspecified atom stereocenters. The standard InChI is InChI=1S/C16H11Cl4NO3/c1-8(15(22)21-14-6-12(19)5-13(20)7-14)24-16(23)9-2-10(17)4-11(18)3-9/h2-8H,1H3,(H,21,22)/t8-/m1/s1. The lowest BCUT2D eigenvalue weighted by Gasteiger charge is -2.14. The van der Waals surface area contributed by atoms with Crippen molar-refractivity contribution in [2.24, 2.45) is 0 Å². The Balaban J connectivity index is 2.04. The van der Waals surface area contributed by atoms with Crippen LogP contribution < -0.4 is 5.32 Å². The van der Waals surface area contributed by atoms with Gasteiger partial charge < -0.3 is 10.1 Å². The molecule has 2 aromatic rings. The van der Waals surface area contributed by atoms with Gasteiger partial charge in [-0.2, -0.15) is 0 Å². The second-order valence-corrected chi connectivity index (χ2v) is 6.60. The second kappa shape index (κ2) is 8.08. The van der Waals surface area contributed by atoms with Crippen molar-refractivity contribution in [3.8, 4) is 0 Å². The van der Waals surface area contributed by atoms with Crippen LogP contribution in [0, 0.1) is 0 Å². The van der Waals surface area contributed by atoms with Crippen LogP contribution in [0.2, 0.25) is 20.1 Å². The maximum atomic E-state index is 12.1. The predicted octanol–water partition coefficient (Wildman–Crippen LogP) is 5.48. The SMILES string of the molecule is C[C@@H](OC(=O)c1cc(Cl)cc(Cl)c1)C(=O)Nc1cc(Cl)cc(Cl)c1. The van der Waals surface area contributed by atoms with Gasteiger partial charge in [-0.1, -0.05) is 46.4 Å². The van der Waals surface area contributed by atoms with Crippen LogP contribution in [0.3, 0.4) is 0 Å². The number of carbonyl (C=O) groups is 2. The molecule has 1 amide bonds. The molecule has 0 fully saturated rings. The lowest BCUT2D eigenvalue weighted by Crippen LogP contribution is -2.30. The molecule has 0 saturated carbocycles. The first-order valence-electron chi connectivity index (χ1n) is 6.68. The maximum absolute atomic E-state index is 12.1. The van der Waals surface area contributed by atoms with Crippen molar-refractivity contribution in [2.75, 3.05) is 5.32 Å². The van der Waals surface area contributed by atoms with Gasteiger partial charge in [0.2, 0.25) is 0 Å². The summed E-state index contributed by atoms with van der Waals surface area (Å²) in [5.41, 5.74) is 0.546. The molecular weight excluding hydrogens is 396 g/mol. The number of carbonyl (C=O) groups excluding carboxylic acids is 2. The fraction of sp³-hybridized carbons (Fsp3) is 0.125. The number of amides is 1. The fourth-order valence-electron chi connectivity index (χ4n) is 1.82. The maximum Gasteiger partial charge on any atom is 0.339 e. The molecule has 0 heterocycles. The van der Waals surface area contributed by atoms with Gasteiger partial charge in [-0.3, -0.25) is 4.79 Å². The number of ether oxygens (including phenoxy) is 1. The van der Waals surface area contributed by atoms with Crippen molar-refractivity contribution in [3.63, 3.8) is 0 Å². The summed E-state index contributed by atoms with van der Waals surface area (Å²) in [6.07, 6.45) is -1.05. The van der Waals surface area contributed by atoms with Gasteiger partial charge in [-0.25, -0.2) is 4.79 Å². The molecule has 2 rings (SSSR count). The van der Waals surface area contributed by atoms with E-state index in [9.17, 15) is 9.59 Å². The largest absolute Gasteiger partial charge is 0.449 e. The number of rotatable bonds is 4.